The Hall–Kier alpha value is -3.77. The molecule has 4 N–H and O–H groups in total. The third-order valence-corrected chi connectivity index (χ3v) is 6.60. The fourth-order valence-electron chi connectivity index (χ4n) is 4.62. The van der Waals surface area contributed by atoms with Gasteiger partial charge in [-0.15, -0.1) is 0 Å². The van der Waals surface area contributed by atoms with Gasteiger partial charge in [0.15, 0.2) is 23.2 Å². The van der Waals surface area contributed by atoms with Crippen molar-refractivity contribution < 1.29 is 29.5 Å². The van der Waals surface area contributed by atoms with Crippen LogP contribution in [-0.2, 0) is 4.74 Å². The van der Waals surface area contributed by atoms with Gasteiger partial charge in [-0.25, -0.2) is 15.0 Å². The van der Waals surface area contributed by atoms with Gasteiger partial charge in [0.2, 0.25) is 0 Å². The minimum atomic E-state index is -1.24. The molecule has 5 rings (SSSR count). The molecular formula is C26H29N5O6. The number of aromatic nitrogens is 4. The Bertz CT molecular complexity index is 1330. The first-order valence-electron chi connectivity index (χ1n) is 11.9. The molecule has 11 nitrogen and oxygen atoms in total. The summed E-state index contributed by atoms with van der Waals surface area (Å²) in [5, 5.41) is 33.4. The number of benzene rings is 2. The summed E-state index contributed by atoms with van der Waals surface area (Å²) in [6.07, 6.45) is -1.43. The van der Waals surface area contributed by atoms with Crippen molar-refractivity contribution in [3.63, 3.8) is 0 Å². The van der Waals surface area contributed by atoms with E-state index in [1.54, 1.807) is 14.2 Å². The van der Waals surface area contributed by atoms with E-state index in [-0.39, 0.29) is 5.92 Å². The van der Waals surface area contributed by atoms with Gasteiger partial charge in [0.25, 0.3) is 0 Å². The number of hydrogen-bond donors (Lipinski definition) is 4. The molecule has 4 aromatic rings. The van der Waals surface area contributed by atoms with Crippen LogP contribution in [0.1, 0.15) is 23.3 Å². The monoisotopic (exact) mass is 507 g/mol. The Morgan fingerprint density at radius 3 is 2.35 bits per heavy atom. The van der Waals surface area contributed by atoms with E-state index in [2.05, 4.69) is 32.4 Å². The summed E-state index contributed by atoms with van der Waals surface area (Å²) in [7, 11) is 3.24. The van der Waals surface area contributed by atoms with E-state index in [4.69, 9.17) is 14.2 Å². The largest absolute Gasteiger partial charge is 0.497 e. The molecule has 3 heterocycles. The molecule has 0 aliphatic carbocycles. The number of nitrogens with one attached hydrogen (secondary N) is 1. The zero-order valence-electron chi connectivity index (χ0n) is 20.4. The molecule has 11 heteroatoms. The predicted molar refractivity (Wildman–Crippen MR) is 135 cm³/mol. The van der Waals surface area contributed by atoms with E-state index >= 15 is 0 Å². The summed E-state index contributed by atoms with van der Waals surface area (Å²) >= 11 is 0. The van der Waals surface area contributed by atoms with Crippen molar-refractivity contribution in [2.45, 2.75) is 30.5 Å². The highest BCUT2D eigenvalue weighted by Crippen LogP contribution is 2.34. The highest BCUT2D eigenvalue weighted by Gasteiger charge is 2.44. The van der Waals surface area contributed by atoms with E-state index in [1.165, 1.54) is 17.2 Å². The van der Waals surface area contributed by atoms with Crippen LogP contribution in [-0.4, -0.2) is 80.5 Å². The van der Waals surface area contributed by atoms with Crippen molar-refractivity contribution in [1.29, 1.82) is 0 Å². The molecule has 0 spiro atoms. The van der Waals surface area contributed by atoms with E-state index in [1.807, 2.05) is 36.4 Å². The molecule has 0 amide bonds. The third kappa shape index (κ3) is 4.81. The molecule has 1 fully saturated rings. The molecule has 1 aliphatic heterocycles. The van der Waals surface area contributed by atoms with Gasteiger partial charge in [0.05, 0.1) is 27.2 Å². The number of methoxy groups -OCH3 is 2. The minimum absolute atomic E-state index is 0.0715. The van der Waals surface area contributed by atoms with Crippen molar-refractivity contribution in [3.05, 3.63) is 72.3 Å². The van der Waals surface area contributed by atoms with E-state index in [0.29, 0.717) is 35.0 Å². The number of rotatable bonds is 9. The maximum absolute atomic E-state index is 10.5. The third-order valence-electron chi connectivity index (χ3n) is 6.60. The average Bonchev–Trinajstić information content (AvgIpc) is 3.49. The zero-order valence-corrected chi connectivity index (χ0v) is 20.4. The summed E-state index contributed by atoms with van der Waals surface area (Å²) in [6.45, 7) is 0.0617. The zero-order chi connectivity index (χ0) is 25.9. The van der Waals surface area contributed by atoms with Crippen LogP contribution in [0.15, 0.2) is 61.2 Å². The Labute approximate surface area is 213 Å². The normalized spacial score (nSPS) is 22.2. The van der Waals surface area contributed by atoms with Crippen LogP contribution >= 0.6 is 0 Å². The number of imidazole rings is 1. The summed E-state index contributed by atoms with van der Waals surface area (Å²) in [5.74, 6) is 1.82. The van der Waals surface area contributed by atoms with E-state index < -0.39 is 31.1 Å². The van der Waals surface area contributed by atoms with Crippen LogP contribution in [0.2, 0.25) is 0 Å². The Morgan fingerprint density at radius 1 is 0.973 bits per heavy atom. The second kappa shape index (κ2) is 10.7. The quantitative estimate of drug-likeness (QED) is 0.264. The van der Waals surface area contributed by atoms with Crippen LogP contribution < -0.4 is 14.8 Å². The second-order valence-corrected chi connectivity index (χ2v) is 8.77. The Balaban J connectivity index is 1.46. The van der Waals surface area contributed by atoms with E-state index in [9.17, 15) is 15.3 Å². The molecule has 0 bridgehead atoms. The fourth-order valence-corrected chi connectivity index (χ4v) is 4.62. The van der Waals surface area contributed by atoms with Crippen LogP contribution in [0.5, 0.6) is 11.5 Å². The average molecular weight is 508 g/mol. The number of aliphatic hydroxyl groups is 3. The number of ether oxygens (including phenoxy) is 3. The molecule has 194 valence electrons. The molecule has 1 aliphatic rings. The van der Waals surface area contributed by atoms with Gasteiger partial charge in [-0.2, -0.15) is 0 Å². The lowest BCUT2D eigenvalue weighted by Crippen LogP contribution is -2.33. The van der Waals surface area contributed by atoms with Crippen molar-refractivity contribution >= 4 is 17.0 Å². The lowest BCUT2D eigenvalue weighted by Gasteiger charge is -2.21. The highest BCUT2D eigenvalue weighted by molar-refractivity contribution is 5.82. The topological polar surface area (TPSA) is 144 Å². The van der Waals surface area contributed by atoms with Crippen molar-refractivity contribution in [2.24, 2.45) is 0 Å². The van der Waals surface area contributed by atoms with Gasteiger partial charge < -0.3 is 34.8 Å². The first-order valence-corrected chi connectivity index (χ1v) is 11.9. The van der Waals surface area contributed by atoms with Crippen molar-refractivity contribution in [3.8, 4) is 11.5 Å². The summed E-state index contributed by atoms with van der Waals surface area (Å²) in [5.41, 5.74) is 2.99. The van der Waals surface area contributed by atoms with Crippen LogP contribution in [0, 0.1) is 0 Å². The lowest BCUT2D eigenvalue weighted by atomic mass is 9.91. The van der Waals surface area contributed by atoms with Crippen LogP contribution in [0.3, 0.4) is 0 Å². The molecule has 0 saturated carbocycles. The van der Waals surface area contributed by atoms with Crippen molar-refractivity contribution in [2.75, 3.05) is 32.7 Å². The number of fused-ring (bicyclic) bond motifs is 1. The van der Waals surface area contributed by atoms with Gasteiger partial charge in [-0.3, -0.25) is 4.57 Å². The summed E-state index contributed by atoms with van der Waals surface area (Å²) < 4.78 is 18.2. The molecule has 2 aromatic heterocycles. The smallest absolute Gasteiger partial charge is 0.167 e. The SMILES string of the molecule is COc1cc(OC)cc(C(CNc2ncnc3c2ncn3[C@@H]2O[C@H](CO)[C@@H](O)[C@H]2O)c2ccccc2)c1. The lowest BCUT2D eigenvalue weighted by molar-refractivity contribution is -0.0511. The number of hydrogen-bond acceptors (Lipinski definition) is 10. The highest BCUT2D eigenvalue weighted by atomic mass is 16.6. The minimum Gasteiger partial charge on any atom is -0.497 e. The molecule has 5 atom stereocenters. The first kappa shape index (κ1) is 24.9. The number of anilines is 1. The maximum atomic E-state index is 10.5. The molecule has 0 radical (unpaired) electrons. The predicted octanol–water partition coefficient (Wildman–Crippen LogP) is 1.70. The summed E-state index contributed by atoms with van der Waals surface area (Å²) in [4.78, 5) is 13.2. The van der Waals surface area contributed by atoms with Crippen molar-refractivity contribution in [1.82, 2.24) is 19.5 Å². The molecular weight excluding hydrogens is 478 g/mol. The molecule has 37 heavy (non-hydrogen) atoms. The number of nitrogens with zero attached hydrogens (tertiary/aromatic N) is 4. The maximum Gasteiger partial charge on any atom is 0.167 e. The molecule has 1 saturated heterocycles. The standard InChI is InChI=1S/C26H29N5O6/c1-35-17-8-16(9-18(10-17)36-2)19(15-6-4-3-5-7-15)11-27-24-21-25(29-13-28-24)31(14-30-21)26-23(34)22(33)20(12-32)37-26/h3-10,13-14,19-20,22-23,26,32-34H,11-12H2,1-2H3,(H,27,28,29)/t19?,20-,22-,23-,26-/m1/s1. The van der Waals surface area contributed by atoms with Gasteiger partial charge in [-0.05, 0) is 23.3 Å². The van der Waals surface area contributed by atoms with Gasteiger partial charge in [-0.1, -0.05) is 30.3 Å². The first-order chi connectivity index (χ1) is 18.0. The van der Waals surface area contributed by atoms with Gasteiger partial charge in [0, 0.05) is 18.5 Å². The molecule has 2 aromatic carbocycles. The van der Waals surface area contributed by atoms with Crippen LogP contribution in [0.25, 0.3) is 11.2 Å². The molecule has 1 unspecified atom stereocenters. The Morgan fingerprint density at radius 2 is 1.70 bits per heavy atom. The van der Waals surface area contributed by atoms with Crippen LogP contribution in [0.4, 0.5) is 5.82 Å². The number of aliphatic hydroxyl groups excluding tert-OH is 3. The Kier molecular flexibility index (Phi) is 7.19. The van der Waals surface area contributed by atoms with Gasteiger partial charge >= 0.3 is 0 Å². The van der Waals surface area contributed by atoms with Gasteiger partial charge in [0.1, 0.15) is 36.1 Å². The summed E-state index contributed by atoms with van der Waals surface area (Å²) in [6, 6.07) is 15.9. The fraction of sp³-hybridized carbons (Fsp3) is 0.346. The second-order valence-electron chi connectivity index (χ2n) is 8.77. The van der Waals surface area contributed by atoms with E-state index in [0.717, 1.165) is 11.1 Å².